The van der Waals surface area contributed by atoms with Crippen molar-refractivity contribution in [1.29, 1.82) is 0 Å². The van der Waals surface area contributed by atoms with Gasteiger partial charge in [-0.05, 0) is 31.7 Å². The second kappa shape index (κ2) is 12.1. The molecule has 0 saturated carbocycles. The predicted molar refractivity (Wildman–Crippen MR) is 93.1 cm³/mol. The molecular formula is C16H32N2O4S. The fraction of sp³-hybridized carbons (Fsp3) is 0.938. The minimum Gasteiger partial charge on any atom is -0.394 e. The smallest absolute Gasteiger partial charge is 0.220 e. The number of hydrogen-bond acceptors (Lipinski definition) is 6. The minimum absolute atomic E-state index is 0.0575. The Morgan fingerprint density at radius 3 is 2.83 bits per heavy atom. The van der Waals surface area contributed by atoms with E-state index in [0.717, 1.165) is 32.1 Å². The van der Waals surface area contributed by atoms with Crippen LogP contribution in [-0.4, -0.2) is 59.2 Å². The maximum atomic E-state index is 11.7. The van der Waals surface area contributed by atoms with E-state index in [1.807, 2.05) is 6.92 Å². The molecule has 136 valence electrons. The minimum atomic E-state index is -0.598. The maximum Gasteiger partial charge on any atom is 0.220 e. The van der Waals surface area contributed by atoms with E-state index in [1.165, 1.54) is 0 Å². The van der Waals surface area contributed by atoms with Gasteiger partial charge in [-0.3, -0.25) is 4.79 Å². The third-order valence-corrected chi connectivity index (χ3v) is 5.34. The lowest BCUT2D eigenvalue weighted by atomic mass is 9.90. The molecule has 4 unspecified atom stereocenters. The number of nitrogens with two attached hydrogens (primary N) is 1. The van der Waals surface area contributed by atoms with Crippen molar-refractivity contribution in [3.05, 3.63) is 0 Å². The molecule has 0 aromatic heterocycles. The van der Waals surface area contributed by atoms with Crippen molar-refractivity contribution in [2.24, 2.45) is 11.7 Å². The average Bonchev–Trinajstić information content (AvgIpc) is 2.55. The van der Waals surface area contributed by atoms with E-state index >= 15 is 0 Å². The highest BCUT2D eigenvalue weighted by atomic mass is 32.2. The zero-order chi connectivity index (χ0) is 17.1. The summed E-state index contributed by atoms with van der Waals surface area (Å²) in [5, 5.41) is 22.3. The van der Waals surface area contributed by atoms with Crippen LogP contribution < -0.4 is 11.1 Å². The van der Waals surface area contributed by atoms with Crippen LogP contribution in [0.3, 0.4) is 0 Å². The summed E-state index contributed by atoms with van der Waals surface area (Å²) in [6.45, 7) is 3.28. The molecule has 4 atom stereocenters. The largest absolute Gasteiger partial charge is 0.394 e. The first-order valence-electron chi connectivity index (χ1n) is 8.65. The van der Waals surface area contributed by atoms with E-state index in [4.69, 9.17) is 10.5 Å². The lowest BCUT2D eigenvalue weighted by Crippen LogP contribution is -2.46. The molecule has 0 radical (unpaired) electrons. The Morgan fingerprint density at radius 1 is 1.39 bits per heavy atom. The van der Waals surface area contributed by atoms with Crippen molar-refractivity contribution in [3.8, 4) is 0 Å². The molecule has 7 heteroatoms. The van der Waals surface area contributed by atoms with E-state index in [2.05, 4.69) is 5.32 Å². The van der Waals surface area contributed by atoms with Gasteiger partial charge in [-0.2, -0.15) is 0 Å². The number of carbonyl (C=O) groups excluding carboxylic acids is 1. The van der Waals surface area contributed by atoms with Crippen molar-refractivity contribution in [2.75, 3.05) is 25.4 Å². The van der Waals surface area contributed by atoms with Crippen molar-refractivity contribution in [3.63, 3.8) is 0 Å². The highest BCUT2D eigenvalue weighted by Crippen LogP contribution is 2.33. The Bertz CT molecular complexity index is 319. The monoisotopic (exact) mass is 348 g/mol. The number of thioether (sulfide) groups is 1. The van der Waals surface area contributed by atoms with Gasteiger partial charge in [0.2, 0.25) is 5.91 Å². The van der Waals surface area contributed by atoms with Gasteiger partial charge in [0.05, 0.1) is 12.7 Å². The zero-order valence-corrected chi connectivity index (χ0v) is 14.9. The molecule has 0 spiro atoms. The second-order valence-electron chi connectivity index (χ2n) is 6.00. The predicted octanol–water partition coefficient (Wildman–Crippen LogP) is 0.849. The van der Waals surface area contributed by atoms with E-state index in [1.54, 1.807) is 11.8 Å². The van der Waals surface area contributed by atoms with Crippen molar-refractivity contribution >= 4 is 17.7 Å². The third-order valence-electron chi connectivity index (χ3n) is 4.23. The van der Waals surface area contributed by atoms with Crippen molar-refractivity contribution in [1.82, 2.24) is 5.32 Å². The molecule has 0 bridgehead atoms. The number of aliphatic hydroxyl groups is 2. The van der Waals surface area contributed by atoms with Gasteiger partial charge in [-0.1, -0.05) is 19.8 Å². The summed E-state index contributed by atoms with van der Waals surface area (Å²) in [6, 6.07) is 0. The normalized spacial score (nSPS) is 27.8. The number of nitrogens with one attached hydrogen (secondary N) is 1. The van der Waals surface area contributed by atoms with Crippen LogP contribution in [0.4, 0.5) is 0 Å². The Hall–Kier alpha value is -0.340. The van der Waals surface area contributed by atoms with E-state index in [0.29, 0.717) is 25.3 Å². The molecule has 1 aliphatic heterocycles. The molecule has 1 aliphatic rings. The highest BCUT2D eigenvalue weighted by molar-refractivity contribution is 7.99. The number of rotatable bonds is 11. The van der Waals surface area contributed by atoms with E-state index < -0.39 is 12.2 Å². The van der Waals surface area contributed by atoms with Crippen molar-refractivity contribution < 1.29 is 19.7 Å². The molecule has 1 rings (SSSR count). The van der Waals surface area contributed by atoms with Gasteiger partial charge in [0.25, 0.3) is 0 Å². The Kier molecular flexibility index (Phi) is 10.9. The summed E-state index contributed by atoms with van der Waals surface area (Å²) in [4.78, 5) is 11.7. The molecule has 0 aromatic rings. The first kappa shape index (κ1) is 20.7. The zero-order valence-electron chi connectivity index (χ0n) is 14.1. The fourth-order valence-electron chi connectivity index (χ4n) is 2.73. The Balaban J connectivity index is 2.18. The number of unbranched alkanes of at least 4 members (excludes halogenated alkanes) is 2. The molecule has 1 amide bonds. The maximum absolute atomic E-state index is 11.7. The first-order chi connectivity index (χ1) is 11.1. The van der Waals surface area contributed by atoms with Gasteiger partial charge in [0, 0.05) is 18.7 Å². The quantitative estimate of drug-likeness (QED) is 0.413. The lowest BCUT2D eigenvalue weighted by molar-refractivity contribution is -0.133. The van der Waals surface area contributed by atoms with Gasteiger partial charge in [0.1, 0.15) is 11.5 Å². The van der Waals surface area contributed by atoms with E-state index in [-0.39, 0.29) is 23.9 Å². The van der Waals surface area contributed by atoms with Gasteiger partial charge in [-0.15, -0.1) is 11.8 Å². The summed E-state index contributed by atoms with van der Waals surface area (Å²) in [5.41, 5.74) is 5.36. The Labute approximate surface area is 143 Å². The van der Waals surface area contributed by atoms with Crippen LogP contribution in [0.1, 0.15) is 45.4 Å². The average molecular weight is 349 g/mol. The molecule has 1 saturated heterocycles. The molecular weight excluding hydrogens is 316 g/mol. The van der Waals surface area contributed by atoms with Crippen molar-refractivity contribution in [2.45, 2.75) is 63.1 Å². The van der Waals surface area contributed by atoms with Gasteiger partial charge >= 0.3 is 0 Å². The van der Waals surface area contributed by atoms with Crippen LogP contribution in [0, 0.1) is 5.92 Å². The van der Waals surface area contributed by atoms with E-state index in [9.17, 15) is 15.0 Å². The van der Waals surface area contributed by atoms with Gasteiger partial charge < -0.3 is 26.0 Å². The summed E-state index contributed by atoms with van der Waals surface area (Å²) in [5.74, 6) is 0.894. The summed E-state index contributed by atoms with van der Waals surface area (Å²) in [6.07, 6.45) is 3.99. The van der Waals surface area contributed by atoms with Crippen LogP contribution >= 0.6 is 11.8 Å². The SMILES string of the molecule is CCC1CC(SCCC(=O)NCCCCCN)OC(CO)C1O. The molecule has 6 nitrogen and oxygen atoms in total. The van der Waals surface area contributed by atoms with Crippen LogP contribution in [0.5, 0.6) is 0 Å². The number of hydrogen-bond donors (Lipinski definition) is 4. The number of carbonyl (C=O) groups is 1. The highest BCUT2D eigenvalue weighted by Gasteiger charge is 2.36. The molecule has 1 heterocycles. The summed E-state index contributed by atoms with van der Waals surface area (Å²) >= 11 is 1.59. The lowest BCUT2D eigenvalue weighted by Gasteiger charge is -2.38. The number of amides is 1. The standard InChI is InChI=1S/C16H32N2O4S/c1-2-12-10-15(22-13(11-19)16(12)21)23-9-6-14(20)18-8-5-3-4-7-17/h12-13,15-16,19,21H,2-11,17H2,1H3,(H,18,20). The van der Waals surface area contributed by atoms with Crippen LogP contribution in [0.2, 0.25) is 0 Å². The fourth-order valence-corrected chi connectivity index (χ4v) is 3.90. The Morgan fingerprint density at radius 2 is 2.17 bits per heavy atom. The second-order valence-corrected chi connectivity index (χ2v) is 7.27. The topological polar surface area (TPSA) is 105 Å². The molecule has 5 N–H and O–H groups in total. The van der Waals surface area contributed by atoms with Crippen LogP contribution in [0.15, 0.2) is 0 Å². The van der Waals surface area contributed by atoms with Gasteiger partial charge in [-0.25, -0.2) is 0 Å². The molecule has 0 aromatic carbocycles. The first-order valence-corrected chi connectivity index (χ1v) is 9.70. The summed E-state index contributed by atoms with van der Waals surface area (Å²) < 4.78 is 5.71. The number of aliphatic hydroxyl groups excluding tert-OH is 2. The van der Waals surface area contributed by atoms with Crippen LogP contribution in [0.25, 0.3) is 0 Å². The third kappa shape index (κ3) is 7.85. The molecule has 1 fully saturated rings. The van der Waals surface area contributed by atoms with Crippen LogP contribution in [-0.2, 0) is 9.53 Å². The molecule has 0 aliphatic carbocycles. The number of ether oxygens (including phenoxy) is 1. The summed E-state index contributed by atoms with van der Waals surface area (Å²) in [7, 11) is 0. The van der Waals surface area contributed by atoms with Gasteiger partial charge in [0.15, 0.2) is 0 Å². The molecule has 23 heavy (non-hydrogen) atoms.